The van der Waals surface area contributed by atoms with Gasteiger partial charge in [-0.05, 0) is 83.5 Å². The second kappa shape index (κ2) is 8.97. The summed E-state index contributed by atoms with van der Waals surface area (Å²) in [6.45, 7) is 0.393. The Morgan fingerprint density at radius 1 is 1.03 bits per heavy atom. The van der Waals surface area contributed by atoms with E-state index in [0.29, 0.717) is 26.4 Å². The third-order valence-corrected chi connectivity index (χ3v) is 8.33. The molecule has 160 valence electrons. The molecule has 0 aliphatic carbocycles. The van der Waals surface area contributed by atoms with Gasteiger partial charge in [0.2, 0.25) is 0 Å². The van der Waals surface area contributed by atoms with E-state index in [1.165, 1.54) is 22.5 Å². The third-order valence-electron chi connectivity index (χ3n) is 5.01. The van der Waals surface area contributed by atoms with E-state index in [9.17, 15) is 13.2 Å². The molecule has 0 unspecified atom stereocenters. The highest BCUT2D eigenvalue weighted by Gasteiger charge is 2.29. The molecule has 0 saturated carbocycles. The molecule has 0 fully saturated rings. The Kier molecular flexibility index (Phi) is 6.48. The maximum Gasteiger partial charge on any atom is 0.264 e. The Hall–Kier alpha value is -1.81. The van der Waals surface area contributed by atoms with E-state index in [-0.39, 0.29) is 15.6 Å². The van der Waals surface area contributed by atoms with Crippen molar-refractivity contribution in [2.24, 2.45) is 0 Å². The van der Waals surface area contributed by atoms with Gasteiger partial charge in [0.15, 0.2) is 0 Å². The number of aryl methyl sites for hydroxylation is 1. The number of rotatable bonds is 4. The molecule has 1 N–H and O–H groups in total. The van der Waals surface area contributed by atoms with Crippen LogP contribution >= 0.6 is 45.8 Å². The number of sulfonamides is 1. The zero-order valence-electron chi connectivity index (χ0n) is 16.1. The van der Waals surface area contributed by atoms with E-state index < -0.39 is 15.9 Å². The fourth-order valence-corrected chi connectivity index (χ4v) is 5.98. The molecule has 1 aliphatic heterocycles. The number of halogens is 3. The largest absolute Gasteiger partial charge is 0.321 e. The minimum absolute atomic E-state index is 0.0599. The van der Waals surface area contributed by atoms with Gasteiger partial charge in [-0.3, -0.25) is 9.10 Å². The molecular formula is C22H17Cl2IN2O3S. The number of fused-ring (bicyclic) bond motifs is 1. The molecular weight excluding hydrogens is 570 g/mol. The zero-order valence-corrected chi connectivity index (χ0v) is 20.6. The van der Waals surface area contributed by atoms with E-state index in [1.54, 1.807) is 18.2 Å². The monoisotopic (exact) mass is 586 g/mol. The van der Waals surface area contributed by atoms with Crippen LogP contribution in [0.4, 0.5) is 11.4 Å². The summed E-state index contributed by atoms with van der Waals surface area (Å²) in [7, 11) is -3.83. The summed E-state index contributed by atoms with van der Waals surface area (Å²) < 4.78 is 29.0. The van der Waals surface area contributed by atoms with Crippen LogP contribution in [0, 0.1) is 3.57 Å². The number of hydrogen-bond acceptors (Lipinski definition) is 3. The van der Waals surface area contributed by atoms with Crippen molar-refractivity contribution in [3.05, 3.63) is 85.4 Å². The second-order valence-electron chi connectivity index (χ2n) is 7.03. The van der Waals surface area contributed by atoms with Gasteiger partial charge in [0, 0.05) is 15.1 Å². The van der Waals surface area contributed by atoms with Crippen LogP contribution in [0.2, 0.25) is 10.0 Å². The first kappa shape index (κ1) is 22.4. The molecule has 5 nitrogen and oxygen atoms in total. The van der Waals surface area contributed by atoms with Crippen molar-refractivity contribution in [2.75, 3.05) is 16.2 Å². The highest BCUT2D eigenvalue weighted by atomic mass is 127. The van der Waals surface area contributed by atoms with Crippen molar-refractivity contribution in [1.29, 1.82) is 0 Å². The SMILES string of the molecule is O=C(Nc1cc(S(=O)(=O)N2CCCc3ccccc32)ccc1Cl)c1cc(Cl)ccc1I. The lowest BCUT2D eigenvalue weighted by molar-refractivity contribution is 0.102. The van der Waals surface area contributed by atoms with E-state index >= 15 is 0 Å². The van der Waals surface area contributed by atoms with Crippen LogP contribution in [0.25, 0.3) is 0 Å². The average Bonchev–Trinajstić information content (AvgIpc) is 2.76. The van der Waals surface area contributed by atoms with Crippen molar-refractivity contribution >= 4 is 73.1 Å². The van der Waals surface area contributed by atoms with E-state index in [1.807, 2.05) is 46.9 Å². The summed E-state index contributed by atoms with van der Waals surface area (Å²) in [6.07, 6.45) is 1.57. The maximum atomic E-state index is 13.4. The number of nitrogens with one attached hydrogen (secondary N) is 1. The minimum atomic E-state index is -3.83. The normalized spacial score (nSPS) is 13.6. The Balaban J connectivity index is 1.68. The lowest BCUT2D eigenvalue weighted by Gasteiger charge is -2.30. The van der Waals surface area contributed by atoms with E-state index in [4.69, 9.17) is 23.2 Å². The predicted octanol–water partition coefficient (Wildman–Crippen LogP) is 5.99. The number of carbonyl (C=O) groups is 1. The number of hydrogen-bond donors (Lipinski definition) is 1. The number of carbonyl (C=O) groups excluding carboxylic acids is 1. The number of anilines is 2. The van der Waals surface area contributed by atoms with Crippen LogP contribution in [0.1, 0.15) is 22.3 Å². The molecule has 1 amide bonds. The van der Waals surface area contributed by atoms with Gasteiger partial charge >= 0.3 is 0 Å². The molecule has 0 saturated heterocycles. The molecule has 9 heteroatoms. The Bertz CT molecular complexity index is 1280. The van der Waals surface area contributed by atoms with Gasteiger partial charge < -0.3 is 5.32 Å². The van der Waals surface area contributed by atoms with E-state index in [0.717, 1.165) is 18.4 Å². The van der Waals surface area contributed by atoms with Gasteiger partial charge in [0.1, 0.15) is 0 Å². The highest BCUT2D eigenvalue weighted by Crippen LogP contribution is 2.34. The van der Waals surface area contributed by atoms with Crippen LogP contribution in [0.15, 0.2) is 65.6 Å². The van der Waals surface area contributed by atoms with E-state index in [2.05, 4.69) is 5.32 Å². The van der Waals surface area contributed by atoms with Gasteiger partial charge in [-0.25, -0.2) is 8.42 Å². The van der Waals surface area contributed by atoms with Crippen LogP contribution in [0.5, 0.6) is 0 Å². The minimum Gasteiger partial charge on any atom is -0.321 e. The van der Waals surface area contributed by atoms with Crippen molar-refractivity contribution in [1.82, 2.24) is 0 Å². The van der Waals surface area contributed by atoms with Crippen molar-refractivity contribution in [3.8, 4) is 0 Å². The standard InChI is InChI=1S/C22H17Cl2IN2O3S/c23-15-7-10-19(25)17(12-15)22(28)26-20-13-16(8-9-18(20)24)31(29,30)27-11-3-5-14-4-1-2-6-21(14)27/h1-2,4,6-10,12-13H,3,5,11H2,(H,26,28). The smallest absolute Gasteiger partial charge is 0.264 e. The molecule has 0 radical (unpaired) electrons. The fourth-order valence-electron chi connectivity index (χ4n) is 3.50. The molecule has 0 atom stereocenters. The number of nitrogens with zero attached hydrogens (tertiary/aromatic N) is 1. The molecule has 31 heavy (non-hydrogen) atoms. The Labute approximate surface area is 204 Å². The number of benzene rings is 3. The summed E-state index contributed by atoms with van der Waals surface area (Å²) in [5.74, 6) is -0.424. The lowest BCUT2D eigenvalue weighted by atomic mass is 10.0. The molecule has 0 bridgehead atoms. The fraction of sp³-hybridized carbons (Fsp3) is 0.136. The molecule has 1 heterocycles. The number of para-hydroxylation sites is 1. The molecule has 3 aromatic carbocycles. The molecule has 4 rings (SSSR count). The van der Waals surface area contributed by atoms with Crippen LogP contribution in [-0.2, 0) is 16.4 Å². The van der Waals surface area contributed by atoms with Gasteiger partial charge in [-0.1, -0.05) is 41.4 Å². The van der Waals surface area contributed by atoms with Crippen molar-refractivity contribution in [2.45, 2.75) is 17.7 Å². The molecule has 0 spiro atoms. The topological polar surface area (TPSA) is 66.5 Å². The van der Waals surface area contributed by atoms with Crippen LogP contribution < -0.4 is 9.62 Å². The summed E-state index contributed by atoms with van der Waals surface area (Å²) in [6, 6.07) is 16.8. The Morgan fingerprint density at radius 3 is 2.61 bits per heavy atom. The highest BCUT2D eigenvalue weighted by molar-refractivity contribution is 14.1. The first-order chi connectivity index (χ1) is 14.8. The summed E-state index contributed by atoms with van der Waals surface area (Å²) >= 11 is 14.3. The quantitative estimate of drug-likeness (QED) is 0.382. The summed E-state index contributed by atoms with van der Waals surface area (Å²) in [5.41, 5.74) is 2.27. The van der Waals surface area contributed by atoms with Crippen LogP contribution in [-0.4, -0.2) is 20.9 Å². The van der Waals surface area contributed by atoms with Gasteiger partial charge in [-0.15, -0.1) is 0 Å². The molecule has 1 aliphatic rings. The Morgan fingerprint density at radius 2 is 1.81 bits per heavy atom. The summed E-state index contributed by atoms with van der Waals surface area (Å²) in [5, 5.41) is 3.38. The second-order valence-corrected chi connectivity index (χ2v) is 10.9. The van der Waals surface area contributed by atoms with Gasteiger partial charge in [0.25, 0.3) is 15.9 Å². The lowest BCUT2D eigenvalue weighted by Crippen LogP contribution is -2.35. The maximum absolute atomic E-state index is 13.4. The first-order valence-electron chi connectivity index (χ1n) is 9.44. The van der Waals surface area contributed by atoms with Gasteiger partial charge in [-0.2, -0.15) is 0 Å². The zero-order chi connectivity index (χ0) is 22.2. The van der Waals surface area contributed by atoms with Crippen molar-refractivity contribution < 1.29 is 13.2 Å². The third kappa shape index (κ3) is 4.55. The predicted molar refractivity (Wildman–Crippen MR) is 133 cm³/mol. The molecule has 3 aromatic rings. The molecule has 0 aromatic heterocycles. The first-order valence-corrected chi connectivity index (χ1v) is 12.7. The average molecular weight is 587 g/mol. The number of amides is 1. The van der Waals surface area contributed by atoms with Gasteiger partial charge in [0.05, 0.1) is 26.9 Å². The van der Waals surface area contributed by atoms with Crippen molar-refractivity contribution in [3.63, 3.8) is 0 Å². The summed E-state index contributed by atoms with van der Waals surface area (Å²) in [4.78, 5) is 12.8. The van der Waals surface area contributed by atoms with Crippen LogP contribution in [0.3, 0.4) is 0 Å².